The fraction of sp³-hybridized carbons (Fsp3) is 0.500. The Kier molecular flexibility index (Phi) is 12.6. The zero-order valence-corrected chi connectivity index (χ0v) is 53.9. The van der Waals surface area contributed by atoms with Crippen molar-refractivity contribution in [1.29, 1.82) is 0 Å². The van der Waals surface area contributed by atoms with E-state index >= 15 is 0 Å². The molecule has 3 heterocycles. The predicted octanol–water partition coefficient (Wildman–Crippen LogP) is 20.6. The Morgan fingerprint density at radius 2 is 0.938 bits per heavy atom. The zero-order valence-electron chi connectivity index (χ0n) is 53.1. The molecule has 0 saturated heterocycles. The minimum absolute atomic E-state index is 0.00681. The van der Waals surface area contributed by atoms with Crippen LogP contribution in [0.5, 0.6) is 0 Å². The number of anilines is 6. The smallest absolute Gasteiger partial charge is 0.264 e. The van der Waals surface area contributed by atoms with Crippen LogP contribution in [0.2, 0.25) is 0 Å². The predicted molar refractivity (Wildman–Crippen MR) is 352 cm³/mol. The molecule has 0 N–H and O–H groups in total. The summed E-state index contributed by atoms with van der Waals surface area (Å²) < 4.78 is 2.90. The monoisotopic (exact) mass is 1080 g/mol. The van der Waals surface area contributed by atoms with Gasteiger partial charge in [-0.3, -0.25) is 0 Å². The van der Waals surface area contributed by atoms with E-state index in [2.05, 4.69) is 257 Å². The third kappa shape index (κ3) is 9.08. The van der Waals surface area contributed by atoms with Gasteiger partial charge in [0.1, 0.15) is 0 Å². The van der Waals surface area contributed by atoms with Crippen LogP contribution in [0, 0.1) is 0 Å². The van der Waals surface area contributed by atoms with Gasteiger partial charge in [0, 0.05) is 43.2 Å². The summed E-state index contributed by atoms with van der Waals surface area (Å²) in [6.07, 6.45) is 11.1. The van der Waals surface area contributed by atoms with E-state index in [0.717, 1.165) is 6.42 Å². The van der Waals surface area contributed by atoms with Crippen LogP contribution in [-0.4, -0.2) is 6.71 Å². The second kappa shape index (κ2) is 18.2. The molecular weight excluding hydrogens is 984 g/mol. The van der Waals surface area contributed by atoms with E-state index in [-0.39, 0.29) is 50.0 Å². The van der Waals surface area contributed by atoms with E-state index in [1.165, 1.54) is 167 Å². The minimum atomic E-state index is -0.0497. The molecule has 0 radical (unpaired) electrons. The number of thiophene rings is 1. The standard InChI is InChI=1S/C76H95BN2S/c1-69(2,3)49-26-29-53(30-27-49)78-63-38-47(46-24-22-21-23-25-46)39-64-66(63)77(68-67(78)55-43-57-59(45-65(55)80-68)76(19,20)35-33-74(57,15)16)60-41-50(70(4,5)6)28-31-61(60)79(64)62-44-58-56(73(13,14)32-34-75(58,17)18)42-54(62)48-36-51(71(7,8)9)40-52(37-48)72(10,11)12/h26-31,36-46H,21-25,32-35H2,1-20H3. The Morgan fingerprint density at radius 1 is 0.450 bits per heavy atom. The molecule has 0 amide bonds. The van der Waals surface area contributed by atoms with Crippen molar-refractivity contribution in [2.75, 3.05) is 9.80 Å². The highest BCUT2D eigenvalue weighted by Crippen LogP contribution is 2.57. The van der Waals surface area contributed by atoms with Crippen LogP contribution in [0.3, 0.4) is 0 Å². The molecule has 0 atom stereocenters. The Bertz CT molecular complexity index is 3600. The van der Waals surface area contributed by atoms with E-state index in [1.54, 1.807) is 5.56 Å². The van der Waals surface area contributed by atoms with Crippen LogP contribution < -0.4 is 25.5 Å². The van der Waals surface area contributed by atoms with Gasteiger partial charge < -0.3 is 9.80 Å². The van der Waals surface area contributed by atoms with Gasteiger partial charge in [0.15, 0.2) is 0 Å². The SMILES string of the molecule is CC(C)(C)c1ccc(N2c3cc(C4CCCCC4)cc4c3B(c3cc(C(C)(C)C)ccc3N4c3cc4c(cc3-c3cc(C(C)(C)C)cc(C(C)(C)C)c3)C(C)(C)CCC4(C)C)c3sc4cc5c(cc4c32)C(C)(C)CCC5(C)C)cc1. The number of hydrogen-bond acceptors (Lipinski definition) is 3. The molecule has 4 heteroatoms. The molecule has 7 aromatic rings. The Morgan fingerprint density at radius 3 is 1.48 bits per heavy atom. The van der Waals surface area contributed by atoms with Crippen molar-refractivity contribution >= 4 is 78.0 Å². The third-order valence-corrected chi connectivity index (χ3v) is 22.0. The largest absolute Gasteiger partial charge is 0.311 e. The van der Waals surface area contributed by atoms with E-state index in [0.29, 0.717) is 5.92 Å². The molecular formula is C76H95BN2S. The average molecular weight is 1080 g/mol. The van der Waals surface area contributed by atoms with Crippen LogP contribution in [0.25, 0.3) is 21.2 Å². The molecule has 3 aliphatic carbocycles. The molecule has 0 unspecified atom stereocenters. The molecule has 0 spiro atoms. The molecule has 1 saturated carbocycles. The molecule has 80 heavy (non-hydrogen) atoms. The van der Waals surface area contributed by atoms with Gasteiger partial charge in [-0.2, -0.15) is 0 Å². The summed E-state index contributed by atoms with van der Waals surface area (Å²) in [7, 11) is 0. The molecule has 0 bridgehead atoms. The second-order valence-electron chi connectivity index (χ2n) is 32.7. The van der Waals surface area contributed by atoms with Gasteiger partial charge in [0.05, 0.1) is 11.4 Å². The summed E-state index contributed by atoms with van der Waals surface area (Å²) in [5.41, 5.74) is 26.9. The van der Waals surface area contributed by atoms with Gasteiger partial charge in [0.25, 0.3) is 6.71 Å². The van der Waals surface area contributed by atoms with Crippen molar-refractivity contribution in [3.8, 4) is 11.1 Å². The normalized spacial score (nSPS) is 19.3. The first-order chi connectivity index (χ1) is 37.1. The highest BCUT2D eigenvalue weighted by atomic mass is 32.1. The van der Waals surface area contributed by atoms with E-state index in [9.17, 15) is 0 Å². The fourth-order valence-electron chi connectivity index (χ4n) is 15.0. The highest BCUT2D eigenvalue weighted by Gasteiger charge is 2.49. The van der Waals surface area contributed by atoms with Crippen molar-refractivity contribution in [2.24, 2.45) is 0 Å². The average Bonchev–Trinajstić information content (AvgIpc) is 3.33. The maximum atomic E-state index is 2.83. The van der Waals surface area contributed by atoms with Crippen molar-refractivity contribution in [3.05, 3.63) is 147 Å². The fourth-order valence-corrected chi connectivity index (χ4v) is 16.4. The van der Waals surface area contributed by atoms with Gasteiger partial charge in [-0.25, -0.2) is 0 Å². The van der Waals surface area contributed by atoms with Crippen LogP contribution in [0.1, 0.15) is 252 Å². The summed E-state index contributed by atoms with van der Waals surface area (Å²) >= 11 is 2.09. The molecule has 1 fully saturated rings. The summed E-state index contributed by atoms with van der Waals surface area (Å²) in [5, 5.41) is 1.41. The van der Waals surface area contributed by atoms with Crippen LogP contribution in [0.4, 0.5) is 34.1 Å². The topological polar surface area (TPSA) is 6.48 Å². The lowest BCUT2D eigenvalue weighted by atomic mass is 9.36. The van der Waals surface area contributed by atoms with Gasteiger partial charge in [-0.15, -0.1) is 11.3 Å². The minimum Gasteiger partial charge on any atom is -0.311 e. The van der Waals surface area contributed by atoms with Crippen molar-refractivity contribution < 1.29 is 0 Å². The first kappa shape index (κ1) is 55.5. The lowest BCUT2D eigenvalue weighted by Gasteiger charge is -2.46. The lowest BCUT2D eigenvalue weighted by Crippen LogP contribution is -2.60. The van der Waals surface area contributed by atoms with Crippen molar-refractivity contribution in [2.45, 2.75) is 245 Å². The van der Waals surface area contributed by atoms with E-state index in [4.69, 9.17) is 0 Å². The highest BCUT2D eigenvalue weighted by molar-refractivity contribution is 7.33. The number of fused-ring (bicyclic) bond motifs is 8. The van der Waals surface area contributed by atoms with Gasteiger partial charge in [0.2, 0.25) is 0 Å². The summed E-state index contributed by atoms with van der Waals surface area (Å²) in [4.78, 5) is 5.62. The Hall–Kier alpha value is -5.06. The number of hydrogen-bond donors (Lipinski definition) is 0. The number of nitrogens with zero attached hydrogens (tertiary/aromatic N) is 2. The van der Waals surface area contributed by atoms with Crippen LogP contribution in [-0.2, 0) is 43.3 Å². The van der Waals surface area contributed by atoms with Gasteiger partial charge >= 0.3 is 0 Å². The maximum absolute atomic E-state index is 2.83. The van der Waals surface area contributed by atoms with Crippen LogP contribution >= 0.6 is 11.3 Å². The van der Waals surface area contributed by atoms with Gasteiger partial charge in [-0.05, 0) is 209 Å². The third-order valence-electron chi connectivity index (χ3n) is 20.8. The zero-order chi connectivity index (χ0) is 57.4. The second-order valence-corrected chi connectivity index (χ2v) is 33.8. The van der Waals surface area contributed by atoms with Gasteiger partial charge in [-0.1, -0.05) is 200 Å². The molecule has 6 aromatic carbocycles. The van der Waals surface area contributed by atoms with Crippen molar-refractivity contribution in [1.82, 2.24) is 0 Å². The maximum Gasteiger partial charge on any atom is 0.264 e. The first-order valence-corrected chi connectivity index (χ1v) is 32.0. The number of rotatable bonds is 4. The molecule has 2 nitrogen and oxygen atoms in total. The Balaban J connectivity index is 1.25. The Labute approximate surface area is 488 Å². The molecule has 12 rings (SSSR count). The summed E-state index contributed by atoms with van der Waals surface area (Å²) in [6.45, 7) is 48.8. The molecule has 1 aromatic heterocycles. The van der Waals surface area contributed by atoms with E-state index < -0.39 is 0 Å². The quantitative estimate of drug-likeness (QED) is 0.162. The molecule has 5 aliphatic rings. The lowest BCUT2D eigenvalue weighted by molar-refractivity contribution is 0.332. The van der Waals surface area contributed by atoms with Crippen molar-refractivity contribution in [3.63, 3.8) is 0 Å². The van der Waals surface area contributed by atoms with Crippen LogP contribution in [0.15, 0.2) is 97.1 Å². The summed E-state index contributed by atoms with van der Waals surface area (Å²) in [5.74, 6) is 0.497. The molecule has 2 aliphatic heterocycles. The summed E-state index contributed by atoms with van der Waals surface area (Å²) in [6, 6.07) is 41.4. The van der Waals surface area contributed by atoms with E-state index in [1.807, 2.05) is 0 Å². The first-order valence-electron chi connectivity index (χ1n) is 31.1. The number of benzene rings is 6. The molecule has 418 valence electrons.